The van der Waals surface area contributed by atoms with Gasteiger partial charge in [-0.15, -0.1) is 0 Å². The van der Waals surface area contributed by atoms with Crippen LogP contribution in [0.4, 0.5) is 18.9 Å². The number of amides is 1. The first-order valence-corrected chi connectivity index (χ1v) is 9.29. The second-order valence-corrected chi connectivity index (χ2v) is 6.52. The van der Waals surface area contributed by atoms with Crippen molar-refractivity contribution in [1.82, 2.24) is 0 Å². The van der Waals surface area contributed by atoms with Crippen LogP contribution in [0.1, 0.15) is 11.1 Å². The molecule has 0 heterocycles. The number of rotatable bonds is 6. The van der Waals surface area contributed by atoms with Crippen molar-refractivity contribution in [3.8, 4) is 11.1 Å². The second kappa shape index (κ2) is 9.75. The highest BCUT2D eigenvalue weighted by molar-refractivity contribution is 5.97. The van der Waals surface area contributed by atoms with Crippen LogP contribution in [0.25, 0.3) is 17.2 Å². The monoisotopic (exact) mass is 425 g/mol. The number of carbonyl (C=O) groups is 2. The average Bonchev–Trinajstić information content (AvgIpc) is 2.77. The first kappa shape index (κ1) is 21.8. The second-order valence-electron chi connectivity index (χ2n) is 6.52. The van der Waals surface area contributed by atoms with E-state index in [9.17, 15) is 22.8 Å². The molecule has 0 atom stereocenters. The number of nitrogens with one attached hydrogen (secondary N) is 1. The smallest absolute Gasteiger partial charge is 0.416 e. The number of halogens is 3. The largest absolute Gasteiger partial charge is 0.452 e. The summed E-state index contributed by atoms with van der Waals surface area (Å²) in [5.74, 6) is -1.38. The fourth-order valence-electron chi connectivity index (χ4n) is 2.82. The van der Waals surface area contributed by atoms with E-state index >= 15 is 0 Å². The normalized spacial score (nSPS) is 11.3. The summed E-state index contributed by atoms with van der Waals surface area (Å²) in [5, 5.41) is 2.70. The Labute approximate surface area is 177 Å². The van der Waals surface area contributed by atoms with E-state index in [4.69, 9.17) is 4.74 Å². The Bertz CT molecular complexity index is 1090. The van der Waals surface area contributed by atoms with Gasteiger partial charge in [-0.25, -0.2) is 4.79 Å². The molecule has 0 saturated carbocycles. The van der Waals surface area contributed by atoms with Crippen molar-refractivity contribution in [3.63, 3.8) is 0 Å². The summed E-state index contributed by atoms with van der Waals surface area (Å²) in [6, 6.07) is 21.2. The molecular formula is C24H18F3NO3. The lowest BCUT2D eigenvalue weighted by atomic mass is 10.0. The van der Waals surface area contributed by atoms with E-state index in [0.29, 0.717) is 5.69 Å². The molecule has 1 N–H and O–H groups in total. The molecule has 4 nitrogen and oxygen atoms in total. The van der Waals surface area contributed by atoms with Crippen LogP contribution in [0, 0.1) is 0 Å². The van der Waals surface area contributed by atoms with Crippen LogP contribution in [0.15, 0.2) is 84.9 Å². The van der Waals surface area contributed by atoms with Gasteiger partial charge in [-0.3, -0.25) is 4.79 Å². The highest BCUT2D eigenvalue weighted by Crippen LogP contribution is 2.30. The lowest BCUT2D eigenvalue weighted by Gasteiger charge is -2.11. The number of benzene rings is 3. The molecule has 3 rings (SSSR count). The maximum absolute atomic E-state index is 12.7. The number of anilines is 1. The van der Waals surface area contributed by atoms with Gasteiger partial charge in [0.05, 0.1) is 5.56 Å². The van der Waals surface area contributed by atoms with Crippen molar-refractivity contribution >= 4 is 23.6 Å². The first-order valence-electron chi connectivity index (χ1n) is 9.29. The van der Waals surface area contributed by atoms with E-state index in [2.05, 4.69) is 5.32 Å². The topological polar surface area (TPSA) is 55.4 Å². The highest BCUT2D eigenvalue weighted by Gasteiger charge is 2.30. The van der Waals surface area contributed by atoms with Gasteiger partial charge >= 0.3 is 12.1 Å². The summed E-state index contributed by atoms with van der Waals surface area (Å²) in [7, 11) is 0. The minimum atomic E-state index is -4.47. The van der Waals surface area contributed by atoms with E-state index in [-0.39, 0.29) is 5.56 Å². The maximum atomic E-state index is 12.7. The van der Waals surface area contributed by atoms with E-state index in [0.717, 1.165) is 29.3 Å². The molecule has 0 radical (unpaired) electrons. The van der Waals surface area contributed by atoms with Crippen LogP contribution < -0.4 is 5.32 Å². The van der Waals surface area contributed by atoms with Crippen molar-refractivity contribution in [2.75, 3.05) is 11.9 Å². The molecule has 158 valence electrons. The zero-order chi connectivity index (χ0) is 22.3. The summed E-state index contributed by atoms with van der Waals surface area (Å²) < 4.78 is 43.1. The van der Waals surface area contributed by atoms with Crippen molar-refractivity contribution in [1.29, 1.82) is 0 Å². The van der Waals surface area contributed by atoms with Gasteiger partial charge < -0.3 is 10.1 Å². The van der Waals surface area contributed by atoms with E-state index in [1.54, 1.807) is 12.1 Å². The molecule has 31 heavy (non-hydrogen) atoms. The average molecular weight is 425 g/mol. The summed E-state index contributed by atoms with van der Waals surface area (Å²) in [6.45, 7) is -0.533. The highest BCUT2D eigenvalue weighted by atomic mass is 19.4. The Kier molecular flexibility index (Phi) is 6.87. The summed E-state index contributed by atoms with van der Waals surface area (Å²) in [4.78, 5) is 24.0. The van der Waals surface area contributed by atoms with Crippen molar-refractivity contribution in [2.24, 2.45) is 0 Å². The Balaban J connectivity index is 1.57. The number of carbonyl (C=O) groups excluding carboxylic acids is 2. The summed E-state index contributed by atoms with van der Waals surface area (Å²) in [5.41, 5.74) is 1.66. The molecule has 3 aromatic carbocycles. The maximum Gasteiger partial charge on any atom is 0.416 e. The van der Waals surface area contributed by atoms with Crippen LogP contribution in [0.2, 0.25) is 0 Å². The minimum absolute atomic E-state index is 0.188. The molecule has 0 aliphatic carbocycles. The molecule has 0 unspecified atom stereocenters. The number of hydrogen-bond acceptors (Lipinski definition) is 3. The molecule has 1 amide bonds. The summed E-state index contributed by atoms with van der Waals surface area (Å²) >= 11 is 0. The Hall–Kier alpha value is -3.87. The zero-order valence-corrected chi connectivity index (χ0v) is 16.2. The Morgan fingerprint density at radius 2 is 1.61 bits per heavy atom. The van der Waals surface area contributed by atoms with Crippen molar-refractivity contribution in [3.05, 3.63) is 96.1 Å². The number of esters is 1. The van der Waals surface area contributed by atoms with Gasteiger partial charge in [-0.2, -0.15) is 13.2 Å². The number of para-hydroxylation sites is 1. The van der Waals surface area contributed by atoms with Crippen LogP contribution in [0.5, 0.6) is 0 Å². The molecule has 0 fully saturated rings. The van der Waals surface area contributed by atoms with Gasteiger partial charge in [0.25, 0.3) is 5.91 Å². The fourth-order valence-corrected chi connectivity index (χ4v) is 2.82. The van der Waals surface area contributed by atoms with E-state index in [1.807, 2.05) is 42.5 Å². The summed E-state index contributed by atoms with van der Waals surface area (Å²) in [6.07, 6.45) is -2.31. The molecule has 3 aromatic rings. The van der Waals surface area contributed by atoms with Gasteiger partial charge in [0, 0.05) is 17.3 Å². The van der Waals surface area contributed by atoms with Gasteiger partial charge in [0.2, 0.25) is 0 Å². The Morgan fingerprint density at radius 1 is 0.903 bits per heavy atom. The van der Waals surface area contributed by atoms with Crippen molar-refractivity contribution < 1.29 is 27.5 Å². The molecule has 0 bridgehead atoms. The van der Waals surface area contributed by atoms with Gasteiger partial charge in [0.1, 0.15) is 0 Å². The van der Waals surface area contributed by atoms with E-state index < -0.39 is 30.2 Å². The third-order valence-corrected chi connectivity index (χ3v) is 4.26. The van der Waals surface area contributed by atoms with Gasteiger partial charge in [-0.1, -0.05) is 60.7 Å². The van der Waals surface area contributed by atoms with Crippen LogP contribution >= 0.6 is 0 Å². The molecule has 0 aromatic heterocycles. The number of ether oxygens (including phenoxy) is 1. The van der Waals surface area contributed by atoms with Crippen LogP contribution in [-0.2, 0) is 20.5 Å². The molecule has 0 aliphatic rings. The fraction of sp³-hybridized carbons (Fsp3) is 0.0833. The van der Waals surface area contributed by atoms with E-state index in [1.165, 1.54) is 18.2 Å². The van der Waals surface area contributed by atoms with Crippen LogP contribution in [0.3, 0.4) is 0 Å². The number of hydrogen-bond donors (Lipinski definition) is 1. The van der Waals surface area contributed by atoms with Gasteiger partial charge in [0.15, 0.2) is 6.61 Å². The standard InChI is InChI=1S/C24H18F3NO3/c25-24(26,27)19-10-6-7-17(15-19)13-14-23(30)31-16-22(29)28-21-12-5-4-11-20(21)18-8-2-1-3-9-18/h1-15H,16H2,(H,28,29)/b14-13+. The third kappa shape index (κ3) is 6.30. The SMILES string of the molecule is O=C(COC(=O)/C=C/c1cccc(C(F)(F)F)c1)Nc1ccccc1-c1ccccc1. The third-order valence-electron chi connectivity index (χ3n) is 4.26. The quantitative estimate of drug-likeness (QED) is 0.415. The molecule has 0 aliphatic heterocycles. The van der Waals surface area contributed by atoms with Crippen LogP contribution in [-0.4, -0.2) is 18.5 Å². The molecule has 0 spiro atoms. The number of alkyl halides is 3. The van der Waals surface area contributed by atoms with Gasteiger partial charge in [-0.05, 0) is 35.4 Å². The lowest BCUT2D eigenvalue weighted by molar-refractivity contribution is -0.142. The van der Waals surface area contributed by atoms with Crippen molar-refractivity contribution in [2.45, 2.75) is 6.18 Å². The Morgan fingerprint density at radius 3 is 2.35 bits per heavy atom. The molecule has 0 saturated heterocycles. The lowest BCUT2D eigenvalue weighted by Crippen LogP contribution is -2.20. The minimum Gasteiger partial charge on any atom is -0.452 e. The predicted molar refractivity (Wildman–Crippen MR) is 112 cm³/mol. The first-order chi connectivity index (χ1) is 14.8. The zero-order valence-electron chi connectivity index (χ0n) is 16.2. The molecular weight excluding hydrogens is 407 g/mol. The predicted octanol–water partition coefficient (Wildman–Crippen LogP) is 5.57. The molecule has 7 heteroatoms.